The van der Waals surface area contributed by atoms with E-state index in [1.165, 1.54) is 12.1 Å². The van der Waals surface area contributed by atoms with Gasteiger partial charge in [0.15, 0.2) is 0 Å². The molecule has 0 amide bonds. The van der Waals surface area contributed by atoms with Gasteiger partial charge in [-0.3, -0.25) is 0 Å². The largest absolute Gasteiger partial charge is 0.454 e. The molecular formula is C16H15F3O2. The number of carbonyl (C=O) groups excluding carboxylic acids is 1. The Morgan fingerprint density at radius 3 is 2.43 bits per heavy atom. The van der Waals surface area contributed by atoms with Crippen molar-refractivity contribution in [3.63, 3.8) is 0 Å². The molecule has 0 aromatic heterocycles. The highest BCUT2D eigenvalue weighted by molar-refractivity contribution is 5.90. The minimum Gasteiger partial charge on any atom is -0.454 e. The monoisotopic (exact) mass is 296 g/mol. The van der Waals surface area contributed by atoms with Crippen LogP contribution in [0.5, 0.6) is 0 Å². The SMILES string of the molecule is C=CCC1=C(C)CC(c2ccc(C(F)(F)F)cc2)OC1=O. The lowest BCUT2D eigenvalue weighted by atomic mass is 9.94. The average molecular weight is 296 g/mol. The van der Waals surface area contributed by atoms with E-state index in [9.17, 15) is 18.0 Å². The quantitative estimate of drug-likeness (QED) is 0.602. The second-order valence-corrected chi connectivity index (χ2v) is 4.97. The lowest BCUT2D eigenvalue weighted by Gasteiger charge is -2.26. The van der Waals surface area contributed by atoms with Crippen LogP contribution in [0.2, 0.25) is 0 Å². The summed E-state index contributed by atoms with van der Waals surface area (Å²) in [5, 5.41) is 0. The molecule has 1 heterocycles. The van der Waals surface area contributed by atoms with Gasteiger partial charge in [0.2, 0.25) is 0 Å². The lowest BCUT2D eigenvalue weighted by Crippen LogP contribution is -2.20. The van der Waals surface area contributed by atoms with Crippen LogP contribution >= 0.6 is 0 Å². The molecule has 0 spiro atoms. The van der Waals surface area contributed by atoms with Gasteiger partial charge in [0, 0.05) is 12.0 Å². The summed E-state index contributed by atoms with van der Waals surface area (Å²) < 4.78 is 42.9. The van der Waals surface area contributed by atoms with Gasteiger partial charge in [0.05, 0.1) is 5.56 Å². The van der Waals surface area contributed by atoms with Crippen molar-refractivity contribution in [3.8, 4) is 0 Å². The van der Waals surface area contributed by atoms with Crippen molar-refractivity contribution in [3.05, 3.63) is 59.2 Å². The van der Waals surface area contributed by atoms with E-state index >= 15 is 0 Å². The Morgan fingerprint density at radius 1 is 1.33 bits per heavy atom. The highest BCUT2D eigenvalue weighted by atomic mass is 19.4. The van der Waals surface area contributed by atoms with Crippen LogP contribution in [0.1, 0.15) is 37.0 Å². The number of rotatable bonds is 3. The maximum atomic E-state index is 12.5. The van der Waals surface area contributed by atoms with Gasteiger partial charge in [-0.15, -0.1) is 6.58 Å². The number of hydrogen-bond donors (Lipinski definition) is 0. The highest BCUT2D eigenvalue weighted by Crippen LogP contribution is 2.35. The standard InChI is InChI=1S/C16H15F3O2/c1-3-4-13-10(2)9-14(21-15(13)20)11-5-7-12(8-6-11)16(17,18)19/h3,5-8,14H,1,4,9H2,2H3. The molecule has 0 saturated carbocycles. The number of hydrogen-bond acceptors (Lipinski definition) is 2. The molecule has 0 radical (unpaired) electrons. The molecule has 0 aliphatic carbocycles. The topological polar surface area (TPSA) is 26.3 Å². The zero-order valence-electron chi connectivity index (χ0n) is 11.5. The van der Waals surface area contributed by atoms with Crippen molar-refractivity contribution in [2.24, 2.45) is 0 Å². The van der Waals surface area contributed by atoms with Crippen LogP contribution in [0.15, 0.2) is 48.1 Å². The first-order chi connectivity index (χ1) is 9.82. The van der Waals surface area contributed by atoms with Gasteiger partial charge in [-0.1, -0.05) is 23.8 Å². The van der Waals surface area contributed by atoms with Crippen molar-refractivity contribution in [2.45, 2.75) is 32.0 Å². The van der Waals surface area contributed by atoms with Crippen LogP contribution in [-0.2, 0) is 15.7 Å². The fraction of sp³-hybridized carbons (Fsp3) is 0.312. The van der Waals surface area contributed by atoms with Gasteiger partial charge in [0.25, 0.3) is 0 Å². The van der Waals surface area contributed by atoms with Crippen molar-refractivity contribution in [1.29, 1.82) is 0 Å². The Balaban J connectivity index is 2.21. The summed E-state index contributed by atoms with van der Waals surface area (Å²) in [7, 11) is 0. The number of alkyl halides is 3. The van der Waals surface area contributed by atoms with E-state index in [0.717, 1.165) is 17.7 Å². The van der Waals surface area contributed by atoms with Crippen LogP contribution in [0, 0.1) is 0 Å². The number of cyclic esters (lactones) is 1. The molecule has 2 nitrogen and oxygen atoms in total. The Labute approximate surface area is 120 Å². The first-order valence-electron chi connectivity index (χ1n) is 6.50. The van der Waals surface area contributed by atoms with Crippen molar-refractivity contribution >= 4 is 5.97 Å². The third kappa shape index (κ3) is 3.35. The first kappa shape index (κ1) is 15.4. The molecule has 0 fully saturated rings. The summed E-state index contributed by atoms with van der Waals surface area (Å²) in [6.07, 6.45) is -2.36. The van der Waals surface area contributed by atoms with Gasteiger partial charge in [0.1, 0.15) is 6.10 Å². The summed E-state index contributed by atoms with van der Waals surface area (Å²) in [5.74, 6) is -0.427. The van der Waals surface area contributed by atoms with E-state index in [-0.39, 0.29) is 0 Å². The molecule has 1 aliphatic heterocycles. The number of halogens is 3. The summed E-state index contributed by atoms with van der Waals surface area (Å²) in [6, 6.07) is 4.71. The van der Waals surface area contributed by atoms with Gasteiger partial charge in [-0.2, -0.15) is 13.2 Å². The predicted molar refractivity (Wildman–Crippen MR) is 72.4 cm³/mol. The molecule has 1 unspecified atom stereocenters. The summed E-state index contributed by atoms with van der Waals surface area (Å²) in [4.78, 5) is 11.9. The van der Waals surface area contributed by atoms with Gasteiger partial charge in [-0.25, -0.2) is 4.79 Å². The van der Waals surface area contributed by atoms with E-state index < -0.39 is 23.8 Å². The zero-order valence-corrected chi connectivity index (χ0v) is 11.5. The molecule has 112 valence electrons. The van der Waals surface area contributed by atoms with E-state index in [1.807, 2.05) is 6.92 Å². The van der Waals surface area contributed by atoms with Crippen LogP contribution < -0.4 is 0 Å². The minimum absolute atomic E-state index is 0.427. The van der Waals surface area contributed by atoms with E-state index in [0.29, 0.717) is 24.0 Å². The molecular weight excluding hydrogens is 281 g/mol. The van der Waals surface area contributed by atoms with E-state index in [4.69, 9.17) is 4.74 Å². The van der Waals surface area contributed by atoms with Gasteiger partial charge >= 0.3 is 12.1 Å². The van der Waals surface area contributed by atoms with Crippen LogP contribution in [0.3, 0.4) is 0 Å². The second kappa shape index (κ2) is 5.76. The third-order valence-corrected chi connectivity index (χ3v) is 3.46. The Bertz CT molecular complexity index is 583. The number of carbonyl (C=O) groups is 1. The number of benzene rings is 1. The molecule has 0 saturated heterocycles. The first-order valence-corrected chi connectivity index (χ1v) is 6.50. The highest BCUT2D eigenvalue weighted by Gasteiger charge is 2.31. The Morgan fingerprint density at radius 2 is 1.95 bits per heavy atom. The summed E-state index contributed by atoms with van der Waals surface area (Å²) in [5.41, 5.74) is 1.31. The molecule has 1 atom stereocenters. The maximum Gasteiger partial charge on any atom is 0.416 e. The second-order valence-electron chi connectivity index (χ2n) is 4.97. The molecule has 5 heteroatoms. The molecule has 1 aromatic carbocycles. The molecule has 0 bridgehead atoms. The fourth-order valence-electron chi connectivity index (χ4n) is 2.29. The zero-order chi connectivity index (χ0) is 15.6. The van der Waals surface area contributed by atoms with Crippen molar-refractivity contribution < 1.29 is 22.7 Å². The fourth-order valence-corrected chi connectivity index (χ4v) is 2.29. The van der Waals surface area contributed by atoms with Crippen LogP contribution in [0.25, 0.3) is 0 Å². The number of allylic oxidation sites excluding steroid dienone is 1. The maximum absolute atomic E-state index is 12.5. The smallest absolute Gasteiger partial charge is 0.416 e. The Hall–Kier alpha value is -2.04. The molecule has 0 N–H and O–H groups in total. The van der Waals surface area contributed by atoms with E-state index in [2.05, 4.69) is 6.58 Å². The Kier molecular flexibility index (Phi) is 4.21. The van der Waals surface area contributed by atoms with Crippen LogP contribution in [-0.4, -0.2) is 5.97 Å². The summed E-state index contributed by atoms with van der Waals surface area (Å²) in [6.45, 7) is 5.41. The number of esters is 1. The molecule has 1 aliphatic rings. The van der Waals surface area contributed by atoms with Gasteiger partial charge in [-0.05, 0) is 31.0 Å². The third-order valence-electron chi connectivity index (χ3n) is 3.46. The van der Waals surface area contributed by atoms with Crippen molar-refractivity contribution in [1.82, 2.24) is 0 Å². The predicted octanol–water partition coefficient (Wildman–Crippen LogP) is 4.59. The summed E-state index contributed by atoms with van der Waals surface area (Å²) >= 11 is 0. The minimum atomic E-state index is -4.37. The number of ether oxygens (including phenoxy) is 1. The van der Waals surface area contributed by atoms with Crippen LogP contribution in [0.4, 0.5) is 13.2 Å². The van der Waals surface area contributed by atoms with Crippen molar-refractivity contribution in [2.75, 3.05) is 0 Å². The lowest BCUT2D eigenvalue weighted by molar-refractivity contribution is -0.146. The average Bonchev–Trinajstić information content (AvgIpc) is 2.42. The normalized spacial score (nSPS) is 19.4. The molecule has 21 heavy (non-hydrogen) atoms. The van der Waals surface area contributed by atoms with E-state index in [1.54, 1.807) is 6.08 Å². The molecule has 2 rings (SSSR count). The van der Waals surface area contributed by atoms with Gasteiger partial charge < -0.3 is 4.74 Å². The molecule has 1 aromatic rings.